The van der Waals surface area contributed by atoms with Crippen molar-refractivity contribution >= 4 is 5.97 Å². The molecule has 0 bridgehead atoms. The van der Waals surface area contributed by atoms with Crippen LogP contribution in [0.1, 0.15) is 40.0 Å². The van der Waals surface area contributed by atoms with Gasteiger partial charge in [-0.05, 0) is 39.2 Å². The molecular formula is C11H21NO2. The lowest BCUT2D eigenvalue weighted by Crippen LogP contribution is -2.38. The minimum absolute atomic E-state index is 0.191. The molecule has 0 radical (unpaired) electrons. The second kappa shape index (κ2) is 4.30. The topological polar surface area (TPSA) is 40.5 Å². The molecule has 1 aliphatic rings. The number of hydrogen-bond donors (Lipinski definition) is 1. The number of rotatable bonds is 4. The SMILES string of the molecule is CCCN1CC(CC(=O)O)CC1(C)C. The number of likely N-dealkylation sites (tertiary alicyclic amines) is 1. The van der Waals surface area contributed by atoms with Crippen LogP contribution >= 0.6 is 0 Å². The predicted molar refractivity (Wildman–Crippen MR) is 56.3 cm³/mol. The lowest BCUT2D eigenvalue weighted by atomic mass is 9.94. The van der Waals surface area contributed by atoms with E-state index >= 15 is 0 Å². The molecule has 0 saturated carbocycles. The summed E-state index contributed by atoms with van der Waals surface area (Å²) in [7, 11) is 0. The summed E-state index contributed by atoms with van der Waals surface area (Å²) >= 11 is 0. The maximum absolute atomic E-state index is 10.6. The van der Waals surface area contributed by atoms with E-state index < -0.39 is 5.97 Å². The molecule has 0 aromatic rings. The van der Waals surface area contributed by atoms with Crippen LogP contribution in [0.15, 0.2) is 0 Å². The third-order valence-electron chi connectivity index (χ3n) is 3.08. The molecule has 0 aromatic carbocycles. The van der Waals surface area contributed by atoms with E-state index in [2.05, 4.69) is 25.7 Å². The number of nitrogens with zero attached hydrogens (tertiary/aromatic N) is 1. The van der Waals surface area contributed by atoms with Gasteiger partial charge in [-0.2, -0.15) is 0 Å². The molecule has 1 heterocycles. The van der Waals surface area contributed by atoms with Gasteiger partial charge in [-0.25, -0.2) is 0 Å². The van der Waals surface area contributed by atoms with Gasteiger partial charge < -0.3 is 5.11 Å². The zero-order chi connectivity index (χ0) is 10.8. The smallest absolute Gasteiger partial charge is 0.303 e. The summed E-state index contributed by atoms with van der Waals surface area (Å²) in [6, 6.07) is 0. The first-order valence-electron chi connectivity index (χ1n) is 5.42. The third kappa shape index (κ3) is 2.71. The number of carboxylic acids is 1. The molecule has 3 nitrogen and oxygen atoms in total. The molecule has 82 valence electrons. The van der Waals surface area contributed by atoms with Gasteiger partial charge in [0.1, 0.15) is 0 Å². The van der Waals surface area contributed by atoms with Gasteiger partial charge in [-0.3, -0.25) is 9.69 Å². The van der Waals surface area contributed by atoms with E-state index in [-0.39, 0.29) is 5.54 Å². The number of hydrogen-bond acceptors (Lipinski definition) is 2. The molecule has 0 spiro atoms. The Morgan fingerprint density at radius 1 is 1.57 bits per heavy atom. The van der Waals surface area contributed by atoms with Crippen molar-refractivity contribution in [2.24, 2.45) is 5.92 Å². The second-order valence-electron chi connectivity index (χ2n) is 4.93. The Hall–Kier alpha value is -0.570. The van der Waals surface area contributed by atoms with Gasteiger partial charge in [0.25, 0.3) is 0 Å². The summed E-state index contributed by atoms with van der Waals surface area (Å²) in [6.07, 6.45) is 2.48. The van der Waals surface area contributed by atoms with Crippen molar-refractivity contribution in [3.8, 4) is 0 Å². The van der Waals surface area contributed by atoms with E-state index in [0.29, 0.717) is 12.3 Å². The van der Waals surface area contributed by atoms with Gasteiger partial charge in [0.2, 0.25) is 0 Å². The highest BCUT2D eigenvalue weighted by molar-refractivity contribution is 5.67. The van der Waals surface area contributed by atoms with E-state index in [9.17, 15) is 4.79 Å². The fraction of sp³-hybridized carbons (Fsp3) is 0.909. The minimum Gasteiger partial charge on any atom is -0.481 e. The fourth-order valence-electron chi connectivity index (χ4n) is 2.51. The molecule has 1 N–H and O–H groups in total. The first-order chi connectivity index (χ1) is 6.45. The van der Waals surface area contributed by atoms with Crippen LogP contribution in [0.25, 0.3) is 0 Å². The molecule has 0 aromatic heterocycles. The van der Waals surface area contributed by atoms with Crippen LogP contribution in [0.5, 0.6) is 0 Å². The van der Waals surface area contributed by atoms with Crippen LogP contribution in [-0.4, -0.2) is 34.6 Å². The van der Waals surface area contributed by atoms with E-state index in [1.807, 2.05) is 0 Å². The van der Waals surface area contributed by atoms with Crippen molar-refractivity contribution in [3.05, 3.63) is 0 Å². The Morgan fingerprint density at radius 3 is 2.71 bits per heavy atom. The van der Waals surface area contributed by atoms with E-state index in [4.69, 9.17) is 5.11 Å². The highest BCUT2D eigenvalue weighted by Crippen LogP contribution is 2.34. The molecule has 0 amide bonds. The average Bonchev–Trinajstić information content (AvgIpc) is 2.25. The first kappa shape index (κ1) is 11.5. The molecule has 1 rings (SSSR count). The summed E-state index contributed by atoms with van der Waals surface area (Å²) in [6.45, 7) is 8.63. The molecule has 1 saturated heterocycles. The highest BCUT2D eigenvalue weighted by atomic mass is 16.4. The van der Waals surface area contributed by atoms with Crippen molar-refractivity contribution in [1.82, 2.24) is 4.90 Å². The minimum atomic E-state index is -0.663. The molecule has 1 unspecified atom stereocenters. The summed E-state index contributed by atoms with van der Waals surface area (Å²) in [5.41, 5.74) is 0.191. The van der Waals surface area contributed by atoms with Gasteiger partial charge in [-0.15, -0.1) is 0 Å². The van der Waals surface area contributed by atoms with Crippen LogP contribution < -0.4 is 0 Å². The largest absolute Gasteiger partial charge is 0.481 e. The molecule has 1 aliphatic heterocycles. The molecule has 14 heavy (non-hydrogen) atoms. The molecule has 3 heteroatoms. The van der Waals surface area contributed by atoms with Gasteiger partial charge >= 0.3 is 5.97 Å². The van der Waals surface area contributed by atoms with Crippen LogP contribution in [0.2, 0.25) is 0 Å². The fourth-order valence-corrected chi connectivity index (χ4v) is 2.51. The van der Waals surface area contributed by atoms with Crippen LogP contribution in [0.3, 0.4) is 0 Å². The van der Waals surface area contributed by atoms with Gasteiger partial charge in [0.15, 0.2) is 0 Å². The number of aliphatic carboxylic acids is 1. The van der Waals surface area contributed by atoms with Crippen LogP contribution in [0.4, 0.5) is 0 Å². The van der Waals surface area contributed by atoms with Gasteiger partial charge in [-0.1, -0.05) is 6.92 Å². The maximum Gasteiger partial charge on any atom is 0.303 e. The van der Waals surface area contributed by atoms with Gasteiger partial charge in [0.05, 0.1) is 0 Å². The van der Waals surface area contributed by atoms with Crippen LogP contribution in [-0.2, 0) is 4.79 Å². The standard InChI is InChI=1S/C11H21NO2/c1-4-5-12-8-9(6-10(13)14)7-11(12,2)3/h9H,4-8H2,1-3H3,(H,13,14). The van der Waals surface area contributed by atoms with Crippen molar-refractivity contribution in [1.29, 1.82) is 0 Å². The number of carboxylic acid groups (broad SMARTS) is 1. The number of carbonyl (C=O) groups is 1. The zero-order valence-corrected chi connectivity index (χ0v) is 9.42. The average molecular weight is 199 g/mol. The predicted octanol–water partition coefficient (Wildman–Crippen LogP) is 1.97. The van der Waals surface area contributed by atoms with E-state index in [1.165, 1.54) is 0 Å². The normalized spacial score (nSPS) is 26.6. The Morgan fingerprint density at radius 2 is 2.21 bits per heavy atom. The lowest BCUT2D eigenvalue weighted by molar-refractivity contribution is -0.138. The van der Waals surface area contributed by atoms with Crippen molar-refractivity contribution < 1.29 is 9.90 Å². The summed E-state index contributed by atoms with van der Waals surface area (Å²) in [4.78, 5) is 13.0. The summed E-state index contributed by atoms with van der Waals surface area (Å²) in [5.74, 6) is -0.321. The van der Waals surface area contributed by atoms with Crippen molar-refractivity contribution in [2.75, 3.05) is 13.1 Å². The van der Waals surface area contributed by atoms with Crippen LogP contribution in [0, 0.1) is 5.92 Å². The molecule has 1 atom stereocenters. The first-order valence-corrected chi connectivity index (χ1v) is 5.42. The third-order valence-corrected chi connectivity index (χ3v) is 3.08. The Kier molecular flexibility index (Phi) is 3.53. The molecule has 0 aliphatic carbocycles. The Labute approximate surface area is 86.1 Å². The monoisotopic (exact) mass is 199 g/mol. The van der Waals surface area contributed by atoms with Crippen molar-refractivity contribution in [3.63, 3.8) is 0 Å². The van der Waals surface area contributed by atoms with Crippen molar-refractivity contribution in [2.45, 2.75) is 45.6 Å². The highest BCUT2D eigenvalue weighted by Gasteiger charge is 2.38. The van der Waals surface area contributed by atoms with E-state index in [1.54, 1.807) is 0 Å². The molecule has 1 fully saturated rings. The molecular weight excluding hydrogens is 178 g/mol. The lowest BCUT2D eigenvalue weighted by Gasteiger charge is -2.30. The quantitative estimate of drug-likeness (QED) is 0.752. The van der Waals surface area contributed by atoms with E-state index in [0.717, 1.165) is 25.9 Å². The Bertz CT molecular complexity index is 213. The maximum atomic E-state index is 10.6. The Balaban J connectivity index is 2.52. The van der Waals surface area contributed by atoms with Gasteiger partial charge in [0, 0.05) is 18.5 Å². The second-order valence-corrected chi connectivity index (χ2v) is 4.93. The summed E-state index contributed by atoms with van der Waals surface area (Å²) in [5, 5.41) is 8.74. The zero-order valence-electron chi connectivity index (χ0n) is 9.42. The summed E-state index contributed by atoms with van der Waals surface area (Å²) < 4.78 is 0.